The van der Waals surface area contributed by atoms with E-state index in [-0.39, 0.29) is 22.8 Å². The van der Waals surface area contributed by atoms with Crippen molar-refractivity contribution in [1.82, 2.24) is 9.88 Å². The molecule has 158 valence electrons. The molecule has 1 fully saturated rings. The van der Waals surface area contributed by atoms with Crippen LogP contribution >= 0.6 is 0 Å². The van der Waals surface area contributed by atoms with E-state index in [2.05, 4.69) is 10.3 Å². The smallest absolute Gasteiger partial charge is 0.410 e. The number of carbonyl (C=O) groups excluding carboxylic acids is 1. The highest BCUT2D eigenvalue weighted by molar-refractivity contribution is 7.89. The highest BCUT2D eigenvalue weighted by atomic mass is 32.2. The van der Waals surface area contributed by atoms with E-state index in [9.17, 15) is 13.2 Å². The van der Waals surface area contributed by atoms with Gasteiger partial charge in [0.1, 0.15) is 11.4 Å². The molecule has 1 saturated heterocycles. The molecular weight excluding hydrogens is 384 g/mol. The van der Waals surface area contributed by atoms with Crippen molar-refractivity contribution in [3.8, 4) is 0 Å². The Bertz CT molecular complexity index is 804. The van der Waals surface area contributed by atoms with Crippen LogP contribution in [-0.2, 0) is 19.5 Å². The molecule has 1 atom stereocenters. The van der Waals surface area contributed by atoms with Gasteiger partial charge in [0.05, 0.1) is 19.3 Å². The van der Waals surface area contributed by atoms with Crippen molar-refractivity contribution in [2.45, 2.75) is 63.3 Å². The van der Waals surface area contributed by atoms with Crippen LogP contribution in [0.4, 0.5) is 10.6 Å². The van der Waals surface area contributed by atoms with E-state index in [1.54, 1.807) is 17.0 Å². The van der Waals surface area contributed by atoms with Crippen molar-refractivity contribution in [2.75, 3.05) is 25.0 Å². The maximum absolute atomic E-state index is 12.4. The zero-order valence-electron chi connectivity index (χ0n) is 17.1. The number of hydrogen-bond acceptors (Lipinski definition) is 7. The number of rotatable bonds is 6. The van der Waals surface area contributed by atoms with E-state index in [1.807, 2.05) is 34.6 Å². The molecule has 3 N–H and O–H groups in total. The van der Waals surface area contributed by atoms with Crippen molar-refractivity contribution in [1.29, 1.82) is 0 Å². The molecule has 0 aliphatic carbocycles. The fraction of sp³-hybridized carbons (Fsp3) is 0.667. The summed E-state index contributed by atoms with van der Waals surface area (Å²) < 4.78 is 34.1. The fourth-order valence-corrected chi connectivity index (χ4v) is 3.50. The largest absolute Gasteiger partial charge is 0.444 e. The molecule has 0 saturated carbocycles. The Balaban J connectivity index is 1.83. The number of anilines is 1. The number of pyridine rings is 1. The first kappa shape index (κ1) is 22.4. The predicted octanol–water partition coefficient (Wildman–Crippen LogP) is 1.95. The molecule has 1 aliphatic heterocycles. The number of nitrogens with zero attached hydrogens (tertiary/aromatic N) is 2. The lowest BCUT2D eigenvalue weighted by Crippen LogP contribution is -2.45. The summed E-state index contributed by atoms with van der Waals surface area (Å²) in [4.78, 5) is 18.1. The van der Waals surface area contributed by atoms with Gasteiger partial charge in [0, 0.05) is 12.1 Å². The fourth-order valence-electron chi connectivity index (χ4n) is 3.01. The molecule has 1 amide bonds. The maximum atomic E-state index is 12.4. The summed E-state index contributed by atoms with van der Waals surface area (Å²) in [6, 6.07) is 4.55. The average molecular weight is 415 g/mol. The molecule has 1 aromatic rings. The van der Waals surface area contributed by atoms with Gasteiger partial charge in [-0.3, -0.25) is 0 Å². The summed E-state index contributed by atoms with van der Waals surface area (Å²) in [6.45, 7) is 10.8. The molecule has 1 unspecified atom stereocenters. The standard InChI is InChI=1S/C18H30N4O5S/c1-17(2,3)27-16(23)22-12-13(11-18(22,4)5)26-10-9-20-14-7-6-8-15(21-14)28(19,24)25/h6-8,13H,9-12H2,1-5H3,(H,20,21)(H2,19,24,25). The van der Waals surface area contributed by atoms with Gasteiger partial charge in [-0.2, -0.15) is 0 Å². The van der Waals surface area contributed by atoms with E-state index in [0.29, 0.717) is 31.9 Å². The number of hydrogen-bond donors (Lipinski definition) is 2. The zero-order chi connectivity index (χ0) is 21.2. The van der Waals surface area contributed by atoms with Crippen molar-refractivity contribution >= 4 is 21.9 Å². The number of nitrogens with two attached hydrogens (primary N) is 1. The molecule has 10 heteroatoms. The third kappa shape index (κ3) is 6.32. The predicted molar refractivity (Wildman–Crippen MR) is 105 cm³/mol. The number of ether oxygens (including phenoxy) is 2. The molecule has 1 aliphatic rings. The van der Waals surface area contributed by atoms with Crippen LogP contribution in [0.15, 0.2) is 23.2 Å². The molecular formula is C18H30N4O5S. The van der Waals surface area contributed by atoms with Crippen molar-refractivity contribution in [3.63, 3.8) is 0 Å². The van der Waals surface area contributed by atoms with Crippen LogP contribution in [0, 0.1) is 0 Å². The molecule has 2 rings (SSSR count). The third-order valence-corrected chi connectivity index (χ3v) is 5.05. The van der Waals surface area contributed by atoms with Crippen LogP contribution in [0.5, 0.6) is 0 Å². The number of sulfonamides is 1. The Kier molecular flexibility index (Phi) is 6.57. The van der Waals surface area contributed by atoms with Crippen LogP contribution in [0.2, 0.25) is 0 Å². The van der Waals surface area contributed by atoms with Gasteiger partial charge in [-0.1, -0.05) is 6.07 Å². The van der Waals surface area contributed by atoms with E-state index in [4.69, 9.17) is 14.6 Å². The number of carbonyl (C=O) groups is 1. The summed E-state index contributed by atoms with van der Waals surface area (Å²) in [7, 11) is -3.84. The quantitative estimate of drug-likeness (QED) is 0.682. The second-order valence-corrected chi connectivity index (χ2v) is 9.94. The lowest BCUT2D eigenvalue weighted by molar-refractivity contribution is 0.0105. The minimum Gasteiger partial charge on any atom is -0.444 e. The molecule has 0 spiro atoms. The third-order valence-electron chi connectivity index (χ3n) is 4.23. The van der Waals surface area contributed by atoms with Gasteiger partial charge < -0.3 is 19.7 Å². The van der Waals surface area contributed by atoms with E-state index in [1.165, 1.54) is 6.07 Å². The van der Waals surface area contributed by atoms with Crippen LogP contribution in [-0.4, -0.2) is 61.3 Å². The number of nitrogens with one attached hydrogen (secondary N) is 1. The summed E-state index contributed by atoms with van der Waals surface area (Å²) in [5.74, 6) is 0.400. The highest BCUT2D eigenvalue weighted by Crippen LogP contribution is 2.31. The molecule has 1 aromatic heterocycles. The van der Waals surface area contributed by atoms with Gasteiger partial charge in [-0.15, -0.1) is 0 Å². The number of aromatic nitrogens is 1. The van der Waals surface area contributed by atoms with Gasteiger partial charge in [0.2, 0.25) is 0 Å². The van der Waals surface area contributed by atoms with Crippen molar-refractivity contribution in [3.05, 3.63) is 18.2 Å². The summed E-state index contributed by atoms with van der Waals surface area (Å²) >= 11 is 0. The SMILES string of the molecule is CC(C)(C)OC(=O)N1CC(OCCNc2cccc(S(N)(=O)=O)n2)CC1(C)C. The second kappa shape index (κ2) is 8.22. The summed E-state index contributed by atoms with van der Waals surface area (Å²) in [5.41, 5.74) is -0.902. The average Bonchev–Trinajstić information content (AvgIpc) is 2.84. The highest BCUT2D eigenvalue weighted by Gasteiger charge is 2.43. The van der Waals surface area contributed by atoms with Crippen LogP contribution < -0.4 is 10.5 Å². The van der Waals surface area contributed by atoms with E-state index < -0.39 is 15.6 Å². The van der Waals surface area contributed by atoms with E-state index >= 15 is 0 Å². The van der Waals surface area contributed by atoms with Gasteiger partial charge in [0.15, 0.2) is 5.03 Å². The zero-order valence-corrected chi connectivity index (χ0v) is 17.9. The topological polar surface area (TPSA) is 124 Å². The van der Waals surface area contributed by atoms with Crippen molar-refractivity contribution < 1.29 is 22.7 Å². The van der Waals surface area contributed by atoms with Gasteiger partial charge in [-0.05, 0) is 53.2 Å². The number of primary sulfonamides is 1. The van der Waals surface area contributed by atoms with Crippen LogP contribution in [0.25, 0.3) is 0 Å². The second-order valence-electron chi connectivity index (χ2n) is 8.43. The molecule has 0 radical (unpaired) electrons. The Morgan fingerprint density at radius 1 is 1.39 bits per heavy atom. The first-order chi connectivity index (χ1) is 12.8. The lowest BCUT2D eigenvalue weighted by Gasteiger charge is -2.33. The van der Waals surface area contributed by atoms with Crippen LogP contribution in [0.3, 0.4) is 0 Å². The van der Waals surface area contributed by atoms with Crippen molar-refractivity contribution in [2.24, 2.45) is 5.14 Å². The minimum absolute atomic E-state index is 0.104. The molecule has 9 nitrogen and oxygen atoms in total. The van der Waals surface area contributed by atoms with E-state index in [0.717, 1.165) is 0 Å². The first-order valence-electron chi connectivity index (χ1n) is 9.14. The minimum atomic E-state index is -3.84. The van der Waals surface area contributed by atoms with Gasteiger partial charge >= 0.3 is 6.09 Å². The Morgan fingerprint density at radius 3 is 2.68 bits per heavy atom. The maximum Gasteiger partial charge on any atom is 0.410 e. The Labute approximate surface area is 166 Å². The summed E-state index contributed by atoms with van der Waals surface area (Å²) in [6.07, 6.45) is 0.254. The molecule has 0 aromatic carbocycles. The lowest BCUT2D eigenvalue weighted by atomic mass is 10.0. The monoisotopic (exact) mass is 414 g/mol. The van der Waals surface area contributed by atoms with Gasteiger partial charge in [-0.25, -0.2) is 23.3 Å². The molecule has 0 bridgehead atoms. The number of likely N-dealkylation sites (tertiary alicyclic amines) is 1. The summed E-state index contributed by atoms with van der Waals surface area (Å²) in [5, 5.41) is 7.89. The molecule has 2 heterocycles. The normalized spacial score (nSPS) is 19.5. The first-order valence-corrected chi connectivity index (χ1v) is 10.7. The Hall–Kier alpha value is -1.91. The van der Waals surface area contributed by atoms with Gasteiger partial charge in [0.25, 0.3) is 10.0 Å². The van der Waals surface area contributed by atoms with Crippen LogP contribution in [0.1, 0.15) is 41.0 Å². The number of amides is 1. The molecule has 28 heavy (non-hydrogen) atoms. The Morgan fingerprint density at radius 2 is 2.07 bits per heavy atom.